The maximum absolute atomic E-state index is 12.1. The first kappa shape index (κ1) is 24.2. The molecule has 0 bridgehead atoms. The summed E-state index contributed by atoms with van der Waals surface area (Å²) in [5, 5.41) is 29.6. The molecule has 1 amide bonds. The molecule has 0 saturated carbocycles. The van der Waals surface area contributed by atoms with Crippen molar-refractivity contribution in [3.63, 3.8) is 0 Å². The minimum Gasteiger partial charge on any atom is -0.530 e. The monoisotopic (exact) mass is 462 g/mol. The number of nitro groups is 1. The third-order valence-corrected chi connectivity index (χ3v) is 5.05. The van der Waals surface area contributed by atoms with Gasteiger partial charge in [-0.2, -0.15) is 0 Å². The van der Waals surface area contributed by atoms with Crippen molar-refractivity contribution in [3.8, 4) is 0 Å². The average molecular weight is 462 g/mol. The van der Waals surface area contributed by atoms with Crippen LogP contribution in [0.1, 0.15) is 31.0 Å². The van der Waals surface area contributed by atoms with Crippen molar-refractivity contribution in [2.24, 2.45) is 0 Å². The Morgan fingerprint density at radius 2 is 1.62 bits per heavy atom. The van der Waals surface area contributed by atoms with E-state index in [9.17, 15) is 24.8 Å². The molecule has 1 heterocycles. The highest BCUT2D eigenvalue weighted by molar-refractivity contribution is 5.88. The summed E-state index contributed by atoms with van der Waals surface area (Å²) >= 11 is 0. The Morgan fingerprint density at radius 1 is 1.06 bits per heavy atom. The molecule has 0 unspecified atom stereocenters. The molecule has 3 rings (SSSR count). The van der Waals surface area contributed by atoms with Gasteiger partial charge in [0.2, 0.25) is 5.82 Å². The van der Waals surface area contributed by atoms with E-state index in [-0.39, 0.29) is 36.2 Å². The first-order chi connectivity index (χ1) is 16.3. The second-order valence-electron chi connectivity index (χ2n) is 7.45. The number of benzene rings is 2. The van der Waals surface area contributed by atoms with Gasteiger partial charge < -0.3 is 25.4 Å². The molecule has 0 aliphatic carbocycles. The van der Waals surface area contributed by atoms with Crippen LogP contribution in [0.3, 0.4) is 0 Å². The normalized spacial score (nSPS) is 10.6. The number of rotatable bonds is 10. The number of ketones is 1. The van der Waals surface area contributed by atoms with Crippen LogP contribution in [0.5, 0.6) is 0 Å². The fourth-order valence-corrected chi connectivity index (χ4v) is 3.48. The van der Waals surface area contributed by atoms with Crippen LogP contribution in [0.4, 0.5) is 27.8 Å². The molecule has 2 N–H and O–H groups in total. The Labute approximate surface area is 196 Å². The molecule has 10 heteroatoms. The summed E-state index contributed by atoms with van der Waals surface area (Å²) in [7, 11) is 0. The highest BCUT2D eigenvalue weighted by Crippen LogP contribution is 2.38. The number of Topliss-reactive ketones (excluding diaryl/α,β-unsaturated/α-hetero) is 1. The van der Waals surface area contributed by atoms with Gasteiger partial charge in [0, 0.05) is 12.6 Å². The third-order valence-electron chi connectivity index (χ3n) is 5.05. The molecule has 0 fully saturated rings. The zero-order valence-electron chi connectivity index (χ0n) is 18.7. The number of hydrogen-bond donors (Lipinski definition) is 2. The van der Waals surface area contributed by atoms with Crippen LogP contribution in [0.25, 0.3) is 0 Å². The zero-order valence-corrected chi connectivity index (χ0v) is 18.7. The number of pyridine rings is 1. The van der Waals surface area contributed by atoms with Crippen LogP contribution in [0.2, 0.25) is 0 Å². The first-order valence-electron chi connectivity index (χ1n) is 10.6. The summed E-state index contributed by atoms with van der Waals surface area (Å²) in [6, 6.07) is 19.5. The molecule has 0 atom stereocenters. The number of carboxylic acid groups (broad SMARTS) is 1. The van der Waals surface area contributed by atoms with Crippen molar-refractivity contribution in [3.05, 3.63) is 88.0 Å². The summed E-state index contributed by atoms with van der Waals surface area (Å²) in [6.45, 7) is 2.71. The van der Waals surface area contributed by atoms with E-state index in [1.807, 2.05) is 60.7 Å². The highest BCUT2D eigenvalue weighted by Gasteiger charge is 2.27. The lowest BCUT2D eigenvalue weighted by Gasteiger charge is -2.25. The van der Waals surface area contributed by atoms with E-state index in [0.29, 0.717) is 0 Å². The number of amides is 1. The Kier molecular flexibility index (Phi) is 7.75. The van der Waals surface area contributed by atoms with Gasteiger partial charge in [-0.25, -0.2) is 4.98 Å². The molecule has 0 spiro atoms. The highest BCUT2D eigenvalue weighted by atomic mass is 16.6. The fraction of sp³-hybridized carbons (Fsp3) is 0.208. The van der Waals surface area contributed by atoms with Crippen molar-refractivity contribution in [1.82, 2.24) is 4.98 Å². The molecule has 1 aromatic heterocycles. The van der Waals surface area contributed by atoms with Gasteiger partial charge in [0.05, 0.1) is 17.5 Å². The first-order valence-corrected chi connectivity index (χ1v) is 10.6. The van der Waals surface area contributed by atoms with E-state index in [2.05, 4.69) is 15.6 Å². The molecule has 10 nitrogen and oxygen atoms in total. The maximum atomic E-state index is 12.1. The lowest BCUT2D eigenvalue weighted by atomic mass is 9.98. The smallest absolute Gasteiger partial charge is 0.334 e. The molecule has 2 aromatic carbocycles. The molecule has 34 heavy (non-hydrogen) atoms. The van der Waals surface area contributed by atoms with Gasteiger partial charge in [-0.15, -0.1) is 0 Å². The largest absolute Gasteiger partial charge is 0.530 e. The van der Waals surface area contributed by atoms with Gasteiger partial charge in [0.1, 0.15) is 23.4 Å². The van der Waals surface area contributed by atoms with Gasteiger partial charge in [-0.05, 0) is 25.0 Å². The van der Waals surface area contributed by atoms with Crippen LogP contribution in [-0.2, 0) is 4.79 Å². The standard InChI is InChI=1S/C24H25N5O5/c1-3-28(24(31)32)20-14-19(22(29(33)34)23(27-20)25-15-16(2)30)26-21(17-10-6-4-7-11-17)18-12-8-5-9-13-18/h4-14,21H,3,15H2,1-2H3,(H,31,32)(H2,25,26,27)/p-1. The maximum Gasteiger partial charge on any atom is 0.334 e. The molecular formula is C24H24N5O5-. The molecule has 176 valence electrons. The second-order valence-corrected chi connectivity index (χ2v) is 7.45. The van der Waals surface area contributed by atoms with Crippen molar-refractivity contribution in [2.45, 2.75) is 19.9 Å². The van der Waals surface area contributed by atoms with E-state index in [4.69, 9.17) is 0 Å². The van der Waals surface area contributed by atoms with Crippen LogP contribution >= 0.6 is 0 Å². The Balaban J connectivity index is 2.20. The van der Waals surface area contributed by atoms with Gasteiger partial charge in [0.25, 0.3) is 0 Å². The predicted octanol–water partition coefficient (Wildman–Crippen LogP) is 3.36. The van der Waals surface area contributed by atoms with Gasteiger partial charge in [-0.1, -0.05) is 60.7 Å². The van der Waals surface area contributed by atoms with E-state index in [1.165, 1.54) is 13.0 Å². The van der Waals surface area contributed by atoms with Crippen LogP contribution in [-0.4, -0.2) is 34.9 Å². The van der Waals surface area contributed by atoms with Crippen LogP contribution < -0.4 is 20.6 Å². The van der Waals surface area contributed by atoms with E-state index in [1.54, 1.807) is 6.92 Å². The summed E-state index contributed by atoms with van der Waals surface area (Å²) in [6.07, 6.45) is -1.50. The number of aromatic nitrogens is 1. The Morgan fingerprint density at radius 3 is 2.06 bits per heavy atom. The average Bonchev–Trinajstić information content (AvgIpc) is 2.82. The number of anilines is 3. The zero-order chi connectivity index (χ0) is 24.7. The number of carbonyl (C=O) groups is 2. The van der Waals surface area contributed by atoms with E-state index >= 15 is 0 Å². The summed E-state index contributed by atoms with van der Waals surface area (Å²) < 4.78 is 0. The summed E-state index contributed by atoms with van der Waals surface area (Å²) in [4.78, 5) is 39.6. The van der Waals surface area contributed by atoms with Gasteiger partial charge in [0.15, 0.2) is 0 Å². The van der Waals surface area contributed by atoms with E-state index in [0.717, 1.165) is 16.0 Å². The van der Waals surface area contributed by atoms with Crippen molar-refractivity contribution >= 4 is 34.9 Å². The third kappa shape index (κ3) is 5.66. The molecule has 0 radical (unpaired) electrons. The molecule has 3 aromatic rings. The fourth-order valence-electron chi connectivity index (χ4n) is 3.48. The number of carbonyl (C=O) groups excluding carboxylic acids is 2. The number of nitrogens with zero attached hydrogens (tertiary/aromatic N) is 3. The van der Waals surface area contributed by atoms with Gasteiger partial charge >= 0.3 is 5.69 Å². The molecular weight excluding hydrogens is 438 g/mol. The number of nitrogens with one attached hydrogen (secondary N) is 2. The SMILES string of the molecule is CCN(C(=O)[O-])c1cc(NC(c2ccccc2)c2ccccc2)c([N+](=O)[O-])c(NCC(C)=O)n1. The van der Waals surface area contributed by atoms with Crippen LogP contribution in [0.15, 0.2) is 66.7 Å². The lowest BCUT2D eigenvalue weighted by Crippen LogP contribution is -2.41. The lowest BCUT2D eigenvalue weighted by molar-refractivity contribution is -0.383. The van der Waals surface area contributed by atoms with E-state index < -0.39 is 22.7 Å². The van der Waals surface area contributed by atoms with Crippen molar-refractivity contribution < 1.29 is 19.6 Å². The minimum absolute atomic E-state index is 0.0134. The predicted molar refractivity (Wildman–Crippen MR) is 127 cm³/mol. The quantitative estimate of drug-likeness (QED) is 0.345. The molecule has 0 aliphatic rings. The number of hydrogen-bond acceptors (Lipinski definition) is 8. The summed E-state index contributed by atoms with van der Waals surface area (Å²) in [5.74, 6) is -0.559. The van der Waals surface area contributed by atoms with Crippen molar-refractivity contribution in [1.29, 1.82) is 0 Å². The van der Waals surface area contributed by atoms with Gasteiger partial charge in [-0.3, -0.25) is 14.9 Å². The summed E-state index contributed by atoms with van der Waals surface area (Å²) in [5.41, 5.74) is 1.31. The van der Waals surface area contributed by atoms with Crippen molar-refractivity contribution in [2.75, 3.05) is 28.6 Å². The minimum atomic E-state index is -1.50. The molecule has 0 aliphatic heterocycles. The van der Waals surface area contributed by atoms with Crippen LogP contribution in [0, 0.1) is 10.1 Å². The molecule has 0 saturated heterocycles. The second kappa shape index (κ2) is 10.9. The Hall–Kier alpha value is -4.47. The Bertz CT molecular complexity index is 1130. The topological polar surface area (TPSA) is 141 Å².